The quantitative estimate of drug-likeness (QED) is 0.353. The first-order valence-electron chi connectivity index (χ1n) is 9.61. The standard InChI is InChI=1S/C24H16Cl2N4O/c1-29-22(16-11-6-3-7-12-16)19-20(15-9-4-2-5-10-15)28-30(24(31)21(19)27-29)23-17(25)13-8-14-18(23)26/h2-14H,1H3. The van der Waals surface area contributed by atoms with Crippen LogP contribution in [0.1, 0.15) is 0 Å². The Kier molecular flexibility index (Phi) is 4.85. The molecule has 5 nitrogen and oxygen atoms in total. The molecule has 5 rings (SSSR count). The molecule has 3 aromatic carbocycles. The third-order valence-electron chi connectivity index (χ3n) is 5.12. The number of aryl methyl sites for hydroxylation is 1. The summed E-state index contributed by atoms with van der Waals surface area (Å²) in [5.74, 6) is 0. The lowest BCUT2D eigenvalue weighted by Gasteiger charge is -2.12. The van der Waals surface area contributed by atoms with E-state index in [0.29, 0.717) is 32.3 Å². The van der Waals surface area contributed by atoms with Crippen LogP contribution in [0.4, 0.5) is 0 Å². The number of halogens is 2. The molecule has 0 atom stereocenters. The predicted octanol–water partition coefficient (Wildman–Crippen LogP) is 5.76. The van der Waals surface area contributed by atoms with E-state index in [1.54, 1.807) is 22.9 Å². The second-order valence-corrected chi connectivity index (χ2v) is 7.88. The van der Waals surface area contributed by atoms with Gasteiger partial charge in [-0.1, -0.05) is 89.9 Å². The van der Waals surface area contributed by atoms with Crippen LogP contribution >= 0.6 is 23.2 Å². The average Bonchev–Trinajstić information content (AvgIpc) is 3.13. The molecular formula is C24H16Cl2N4O. The third-order valence-corrected chi connectivity index (χ3v) is 5.73. The molecule has 2 heterocycles. The van der Waals surface area contributed by atoms with E-state index in [-0.39, 0.29) is 5.56 Å². The Bertz CT molecular complexity index is 1450. The molecule has 0 N–H and O–H groups in total. The number of hydrogen-bond acceptors (Lipinski definition) is 3. The van der Waals surface area contributed by atoms with E-state index < -0.39 is 0 Å². The highest BCUT2D eigenvalue weighted by atomic mass is 35.5. The first-order valence-corrected chi connectivity index (χ1v) is 10.4. The summed E-state index contributed by atoms with van der Waals surface area (Å²) in [6.07, 6.45) is 0. The summed E-state index contributed by atoms with van der Waals surface area (Å²) in [5, 5.41) is 10.7. The molecule has 0 saturated heterocycles. The van der Waals surface area contributed by atoms with E-state index in [9.17, 15) is 4.79 Å². The number of fused-ring (bicyclic) bond motifs is 1. The van der Waals surface area contributed by atoms with Crippen molar-refractivity contribution in [3.05, 3.63) is 99.3 Å². The molecule has 0 amide bonds. The fourth-order valence-electron chi connectivity index (χ4n) is 3.76. The Morgan fingerprint density at radius 2 is 1.32 bits per heavy atom. The Labute approximate surface area is 188 Å². The second kappa shape index (κ2) is 7.69. The number of aromatic nitrogens is 4. The lowest BCUT2D eigenvalue weighted by molar-refractivity contribution is 0.778. The summed E-state index contributed by atoms with van der Waals surface area (Å²) in [6, 6.07) is 24.6. The molecule has 31 heavy (non-hydrogen) atoms. The van der Waals surface area contributed by atoms with Crippen molar-refractivity contribution < 1.29 is 0 Å². The van der Waals surface area contributed by atoms with Crippen LogP contribution in [-0.4, -0.2) is 19.6 Å². The minimum Gasteiger partial charge on any atom is -0.266 e. The smallest absolute Gasteiger partial charge is 0.266 e. The van der Waals surface area contributed by atoms with E-state index in [1.807, 2.05) is 67.7 Å². The molecule has 5 aromatic rings. The zero-order valence-electron chi connectivity index (χ0n) is 16.5. The number of hydrogen-bond donors (Lipinski definition) is 0. The highest BCUT2D eigenvalue weighted by Gasteiger charge is 2.23. The van der Waals surface area contributed by atoms with Gasteiger partial charge < -0.3 is 0 Å². The van der Waals surface area contributed by atoms with Gasteiger partial charge in [0.05, 0.1) is 21.1 Å². The van der Waals surface area contributed by atoms with Crippen LogP contribution in [0.5, 0.6) is 0 Å². The maximum Gasteiger partial charge on any atom is 0.300 e. The zero-order valence-corrected chi connectivity index (χ0v) is 18.0. The first kappa shape index (κ1) is 19.5. The van der Waals surface area contributed by atoms with Gasteiger partial charge in [0.25, 0.3) is 5.56 Å². The predicted molar refractivity (Wildman–Crippen MR) is 125 cm³/mol. The number of benzene rings is 3. The Hall–Kier alpha value is -3.41. The van der Waals surface area contributed by atoms with Crippen molar-refractivity contribution in [2.75, 3.05) is 0 Å². The van der Waals surface area contributed by atoms with Crippen LogP contribution in [0.2, 0.25) is 10.0 Å². The molecule has 0 unspecified atom stereocenters. The van der Waals surface area contributed by atoms with Gasteiger partial charge in [-0.25, -0.2) is 0 Å². The van der Waals surface area contributed by atoms with Crippen molar-refractivity contribution >= 4 is 34.1 Å². The highest BCUT2D eigenvalue weighted by molar-refractivity contribution is 6.37. The summed E-state index contributed by atoms with van der Waals surface area (Å²) in [6.45, 7) is 0. The van der Waals surface area contributed by atoms with Crippen molar-refractivity contribution in [1.82, 2.24) is 19.6 Å². The fraction of sp³-hybridized carbons (Fsp3) is 0.0417. The minimum atomic E-state index is -0.387. The zero-order chi connectivity index (χ0) is 21.5. The van der Waals surface area contributed by atoms with E-state index in [2.05, 4.69) is 5.10 Å². The van der Waals surface area contributed by atoms with Crippen molar-refractivity contribution in [3.8, 4) is 28.2 Å². The van der Waals surface area contributed by atoms with E-state index in [4.69, 9.17) is 28.3 Å². The molecule has 0 radical (unpaired) electrons. The molecule has 0 bridgehead atoms. The largest absolute Gasteiger partial charge is 0.300 e. The average molecular weight is 447 g/mol. The minimum absolute atomic E-state index is 0.297. The van der Waals surface area contributed by atoms with E-state index >= 15 is 0 Å². The van der Waals surface area contributed by atoms with Crippen LogP contribution in [0, 0.1) is 0 Å². The van der Waals surface area contributed by atoms with Crippen LogP contribution in [0.15, 0.2) is 83.7 Å². The van der Waals surface area contributed by atoms with Gasteiger partial charge in [0, 0.05) is 18.2 Å². The molecule has 7 heteroatoms. The van der Waals surface area contributed by atoms with Gasteiger partial charge >= 0.3 is 0 Å². The number of para-hydroxylation sites is 1. The van der Waals surface area contributed by atoms with Gasteiger partial charge in [0.15, 0.2) is 5.52 Å². The normalized spacial score (nSPS) is 11.2. The van der Waals surface area contributed by atoms with Crippen LogP contribution in [0.3, 0.4) is 0 Å². The Balaban J connectivity index is 1.95. The third kappa shape index (κ3) is 3.23. The van der Waals surface area contributed by atoms with E-state index in [0.717, 1.165) is 16.8 Å². The summed E-state index contributed by atoms with van der Waals surface area (Å²) in [4.78, 5) is 13.5. The lowest BCUT2D eigenvalue weighted by atomic mass is 10.0. The Morgan fingerprint density at radius 1 is 0.742 bits per heavy atom. The second-order valence-electron chi connectivity index (χ2n) is 7.06. The maximum absolute atomic E-state index is 13.5. The molecule has 0 aliphatic rings. The molecule has 152 valence electrons. The van der Waals surface area contributed by atoms with Crippen molar-refractivity contribution in [3.63, 3.8) is 0 Å². The molecule has 0 aliphatic carbocycles. The van der Waals surface area contributed by atoms with Crippen molar-refractivity contribution in [2.24, 2.45) is 7.05 Å². The molecule has 0 saturated carbocycles. The highest BCUT2D eigenvalue weighted by Crippen LogP contribution is 2.35. The maximum atomic E-state index is 13.5. The lowest BCUT2D eigenvalue weighted by Crippen LogP contribution is -2.23. The SMILES string of the molecule is Cn1nc2c(=O)n(-c3c(Cl)cccc3Cl)nc(-c3ccccc3)c2c1-c1ccccc1. The number of nitrogens with zero attached hydrogens (tertiary/aromatic N) is 4. The monoisotopic (exact) mass is 446 g/mol. The summed E-state index contributed by atoms with van der Waals surface area (Å²) in [5.41, 5.74) is 3.49. The van der Waals surface area contributed by atoms with Gasteiger partial charge in [-0.05, 0) is 12.1 Å². The van der Waals surface area contributed by atoms with Crippen LogP contribution in [-0.2, 0) is 7.05 Å². The number of rotatable bonds is 3. The van der Waals surface area contributed by atoms with Crippen molar-refractivity contribution in [2.45, 2.75) is 0 Å². The van der Waals surface area contributed by atoms with E-state index in [1.165, 1.54) is 4.68 Å². The molecular weight excluding hydrogens is 431 g/mol. The summed E-state index contributed by atoms with van der Waals surface area (Å²) >= 11 is 12.8. The van der Waals surface area contributed by atoms with Gasteiger partial charge in [-0.3, -0.25) is 9.48 Å². The van der Waals surface area contributed by atoms with Crippen LogP contribution < -0.4 is 5.56 Å². The fourth-order valence-corrected chi connectivity index (χ4v) is 4.32. The van der Waals surface area contributed by atoms with Gasteiger partial charge in [0.2, 0.25) is 0 Å². The molecule has 0 fully saturated rings. The van der Waals surface area contributed by atoms with Gasteiger partial charge in [-0.15, -0.1) is 0 Å². The van der Waals surface area contributed by atoms with Crippen LogP contribution in [0.25, 0.3) is 39.1 Å². The molecule has 2 aromatic heterocycles. The first-order chi connectivity index (χ1) is 15.1. The van der Waals surface area contributed by atoms with Gasteiger partial charge in [-0.2, -0.15) is 14.9 Å². The molecule has 0 aliphatic heterocycles. The van der Waals surface area contributed by atoms with Crippen molar-refractivity contribution in [1.29, 1.82) is 0 Å². The summed E-state index contributed by atoms with van der Waals surface area (Å²) in [7, 11) is 1.82. The Morgan fingerprint density at radius 3 is 1.94 bits per heavy atom. The summed E-state index contributed by atoms with van der Waals surface area (Å²) < 4.78 is 2.96. The van der Waals surface area contributed by atoms with Gasteiger partial charge in [0.1, 0.15) is 11.4 Å². The topological polar surface area (TPSA) is 52.7 Å². The molecule has 0 spiro atoms.